The van der Waals surface area contributed by atoms with Gasteiger partial charge in [-0.05, 0) is 40.3 Å². The Hall–Kier alpha value is -0.900. The number of fused-ring (bicyclic) bond motifs is 1. The normalized spacial score (nSPS) is 22.4. The van der Waals surface area contributed by atoms with Crippen LogP contribution in [0, 0.1) is 0 Å². The van der Waals surface area contributed by atoms with Crippen LogP contribution in [0.15, 0.2) is 28.5 Å². The van der Waals surface area contributed by atoms with Crippen molar-refractivity contribution in [2.75, 3.05) is 6.26 Å². The summed E-state index contributed by atoms with van der Waals surface area (Å²) in [6.07, 6.45) is -0.382. The molecule has 1 aliphatic rings. The molecule has 1 heterocycles. The molecule has 4 heteroatoms. The van der Waals surface area contributed by atoms with E-state index in [0.29, 0.717) is 0 Å². The minimum absolute atomic E-state index is 0.525. The standard InChI is InChI=1S/C10H9F3S/c1-14-5-4-7-2-3-8(6-9(7)14)10(11,12)13/h2-6,14H,1H3. The van der Waals surface area contributed by atoms with Crippen molar-refractivity contribution in [2.45, 2.75) is 11.1 Å². The Kier molecular flexibility index (Phi) is 2.10. The van der Waals surface area contributed by atoms with Gasteiger partial charge in [0, 0.05) is 0 Å². The van der Waals surface area contributed by atoms with Crippen LogP contribution in [-0.4, -0.2) is 6.26 Å². The molecule has 0 fully saturated rings. The lowest BCUT2D eigenvalue weighted by Gasteiger charge is -2.12. The summed E-state index contributed by atoms with van der Waals surface area (Å²) in [4.78, 5) is 0.829. The van der Waals surface area contributed by atoms with Crippen LogP contribution in [0.25, 0.3) is 6.08 Å². The van der Waals surface area contributed by atoms with Crippen LogP contribution in [-0.2, 0) is 6.18 Å². The highest BCUT2D eigenvalue weighted by atomic mass is 32.2. The Labute approximate surface area is 82.8 Å². The van der Waals surface area contributed by atoms with Gasteiger partial charge in [-0.3, -0.25) is 0 Å². The van der Waals surface area contributed by atoms with Gasteiger partial charge in [0.15, 0.2) is 0 Å². The van der Waals surface area contributed by atoms with Gasteiger partial charge in [0.1, 0.15) is 0 Å². The minimum atomic E-state index is -4.23. The summed E-state index contributed by atoms with van der Waals surface area (Å²) in [5.41, 5.74) is 0.376. The summed E-state index contributed by atoms with van der Waals surface area (Å²) < 4.78 is 37.1. The van der Waals surface area contributed by atoms with E-state index in [9.17, 15) is 13.2 Å². The van der Waals surface area contributed by atoms with Crippen molar-refractivity contribution < 1.29 is 13.2 Å². The topological polar surface area (TPSA) is 0 Å². The third-order valence-electron chi connectivity index (χ3n) is 2.22. The monoisotopic (exact) mass is 218 g/mol. The highest BCUT2D eigenvalue weighted by molar-refractivity contribution is 8.19. The molecule has 0 spiro atoms. The number of rotatable bonds is 0. The van der Waals surface area contributed by atoms with Crippen molar-refractivity contribution >= 4 is 17.0 Å². The highest BCUT2D eigenvalue weighted by Crippen LogP contribution is 2.45. The molecular formula is C10H9F3S. The number of thiol groups is 1. The molecule has 0 nitrogen and oxygen atoms in total. The summed E-state index contributed by atoms with van der Waals surface area (Å²) in [5.74, 6) is 0. The SMILES string of the molecule is C[SH]1C=Cc2ccc(C(F)(F)F)cc21. The van der Waals surface area contributed by atoms with E-state index in [0.717, 1.165) is 16.5 Å². The van der Waals surface area contributed by atoms with Crippen molar-refractivity contribution in [3.05, 3.63) is 34.7 Å². The lowest BCUT2D eigenvalue weighted by atomic mass is 10.1. The zero-order valence-corrected chi connectivity index (χ0v) is 8.36. The van der Waals surface area contributed by atoms with Crippen LogP contribution < -0.4 is 0 Å². The molecule has 0 amide bonds. The first-order valence-corrected chi connectivity index (χ1v) is 5.96. The maximum atomic E-state index is 12.4. The smallest absolute Gasteiger partial charge is 0.209 e. The van der Waals surface area contributed by atoms with Gasteiger partial charge in [0.05, 0.1) is 5.56 Å². The van der Waals surface area contributed by atoms with Crippen molar-refractivity contribution in [1.29, 1.82) is 0 Å². The predicted molar refractivity (Wildman–Crippen MR) is 53.7 cm³/mol. The van der Waals surface area contributed by atoms with E-state index in [1.54, 1.807) is 6.07 Å². The molecule has 1 atom stereocenters. The second-order valence-electron chi connectivity index (χ2n) is 3.20. The molecule has 0 bridgehead atoms. The molecule has 0 aliphatic carbocycles. The summed E-state index contributed by atoms with van der Waals surface area (Å²) in [7, 11) is -0.525. The van der Waals surface area contributed by atoms with Crippen LogP contribution in [0.5, 0.6) is 0 Å². The maximum Gasteiger partial charge on any atom is 0.416 e. The number of halogens is 3. The fraction of sp³-hybridized carbons (Fsp3) is 0.200. The van der Waals surface area contributed by atoms with Gasteiger partial charge in [0.25, 0.3) is 0 Å². The first kappa shape index (κ1) is 9.65. The molecule has 1 unspecified atom stereocenters. The molecule has 76 valence electrons. The quantitative estimate of drug-likeness (QED) is 0.631. The summed E-state index contributed by atoms with van der Waals surface area (Å²) in [6, 6.07) is 3.94. The Morgan fingerprint density at radius 1 is 1.21 bits per heavy atom. The highest BCUT2D eigenvalue weighted by Gasteiger charge is 2.31. The van der Waals surface area contributed by atoms with E-state index in [-0.39, 0.29) is 0 Å². The minimum Gasteiger partial charge on any atom is -0.209 e. The van der Waals surface area contributed by atoms with E-state index in [1.807, 2.05) is 17.7 Å². The first-order chi connectivity index (χ1) is 6.48. The van der Waals surface area contributed by atoms with E-state index in [2.05, 4.69) is 0 Å². The molecule has 2 rings (SSSR count). The van der Waals surface area contributed by atoms with Crippen molar-refractivity contribution in [3.63, 3.8) is 0 Å². The van der Waals surface area contributed by atoms with Gasteiger partial charge < -0.3 is 0 Å². The van der Waals surface area contributed by atoms with E-state index in [1.165, 1.54) is 6.07 Å². The average Bonchev–Trinajstić information content (AvgIpc) is 2.46. The van der Waals surface area contributed by atoms with Gasteiger partial charge in [-0.1, -0.05) is 6.07 Å². The fourth-order valence-electron chi connectivity index (χ4n) is 1.44. The Bertz CT molecular complexity index is 393. The lowest BCUT2D eigenvalue weighted by molar-refractivity contribution is -0.137. The predicted octanol–water partition coefficient (Wildman–Crippen LogP) is 3.68. The Morgan fingerprint density at radius 3 is 2.57 bits per heavy atom. The first-order valence-electron chi connectivity index (χ1n) is 4.11. The Morgan fingerprint density at radius 2 is 1.93 bits per heavy atom. The molecule has 0 saturated heterocycles. The molecule has 1 aromatic carbocycles. The molecule has 0 aromatic heterocycles. The van der Waals surface area contributed by atoms with E-state index in [4.69, 9.17) is 0 Å². The van der Waals surface area contributed by atoms with Crippen LogP contribution in [0.3, 0.4) is 0 Å². The average molecular weight is 218 g/mol. The van der Waals surface area contributed by atoms with Gasteiger partial charge in [-0.25, -0.2) is 10.9 Å². The lowest BCUT2D eigenvalue weighted by Crippen LogP contribution is -2.04. The van der Waals surface area contributed by atoms with Gasteiger partial charge >= 0.3 is 6.18 Å². The largest absolute Gasteiger partial charge is 0.416 e. The van der Waals surface area contributed by atoms with Crippen LogP contribution >= 0.6 is 10.9 Å². The Balaban J connectivity index is 2.48. The maximum absolute atomic E-state index is 12.4. The van der Waals surface area contributed by atoms with Gasteiger partial charge in [-0.2, -0.15) is 13.2 Å². The molecule has 1 aliphatic heterocycles. The molecule has 0 N–H and O–H groups in total. The third-order valence-corrected chi connectivity index (χ3v) is 3.96. The second-order valence-corrected chi connectivity index (χ2v) is 5.20. The van der Waals surface area contributed by atoms with Crippen molar-refractivity contribution in [2.24, 2.45) is 0 Å². The van der Waals surface area contributed by atoms with Gasteiger partial charge in [-0.15, -0.1) is 0 Å². The molecular weight excluding hydrogens is 209 g/mol. The number of benzene rings is 1. The van der Waals surface area contributed by atoms with Gasteiger partial charge in [0.2, 0.25) is 0 Å². The summed E-state index contributed by atoms with van der Waals surface area (Å²) >= 11 is 0. The second kappa shape index (κ2) is 3.05. The zero-order chi connectivity index (χ0) is 10.3. The molecule has 1 aromatic rings. The van der Waals surface area contributed by atoms with E-state index >= 15 is 0 Å². The zero-order valence-electron chi connectivity index (χ0n) is 7.47. The number of hydrogen-bond donors (Lipinski definition) is 1. The van der Waals surface area contributed by atoms with Crippen LogP contribution in [0.1, 0.15) is 11.1 Å². The van der Waals surface area contributed by atoms with Crippen molar-refractivity contribution in [3.8, 4) is 0 Å². The molecule has 0 radical (unpaired) electrons. The fourth-order valence-corrected chi connectivity index (χ4v) is 2.88. The number of alkyl halides is 3. The number of hydrogen-bond acceptors (Lipinski definition) is 0. The van der Waals surface area contributed by atoms with Crippen LogP contribution in [0.2, 0.25) is 0 Å². The molecule has 14 heavy (non-hydrogen) atoms. The summed E-state index contributed by atoms with van der Waals surface area (Å²) in [6.45, 7) is 0. The summed E-state index contributed by atoms with van der Waals surface area (Å²) in [5, 5.41) is 1.97. The molecule has 0 saturated carbocycles. The van der Waals surface area contributed by atoms with Crippen LogP contribution in [0.4, 0.5) is 13.2 Å². The van der Waals surface area contributed by atoms with E-state index < -0.39 is 22.6 Å². The van der Waals surface area contributed by atoms with Crippen molar-refractivity contribution in [1.82, 2.24) is 0 Å². The third kappa shape index (κ3) is 1.54.